The second-order valence-electron chi connectivity index (χ2n) is 2.34. The third-order valence-corrected chi connectivity index (χ3v) is 1.67. The average molecular weight is 223 g/mol. The van der Waals surface area contributed by atoms with Gasteiger partial charge in [0.1, 0.15) is 0 Å². The third-order valence-electron chi connectivity index (χ3n) is 1.46. The molecule has 0 atom stereocenters. The highest BCUT2D eigenvalue weighted by atomic mass is 32.1. The van der Waals surface area contributed by atoms with Crippen LogP contribution in [0.25, 0.3) is 5.57 Å². The number of aromatic nitrogens is 1. The number of oxazole rings is 1. The van der Waals surface area contributed by atoms with Crippen molar-refractivity contribution in [3.05, 3.63) is 43.0 Å². The van der Waals surface area contributed by atoms with E-state index < -0.39 is 0 Å². The van der Waals surface area contributed by atoms with Crippen LogP contribution in [0.1, 0.15) is 26.7 Å². The molecule has 0 N–H and O–H groups in total. The summed E-state index contributed by atoms with van der Waals surface area (Å²) in [4.78, 5) is 4.04. The van der Waals surface area contributed by atoms with Crippen molar-refractivity contribution in [1.82, 2.24) is 4.98 Å². The summed E-state index contributed by atoms with van der Waals surface area (Å²) in [6.45, 7) is 9.51. The van der Waals surface area contributed by atoms with Gasteiger partial charge in [-0.1, -0.05) is 38.7 Å². The predicted molar refractivity (Wildman–Crippen MR) is 68.1 cm³/mol. The molecule has 0 aliphatic carbocycles. The molecular formula is C12H17NOS. The fourth-order valence-electron chi connectivity index (χ4n) is 0.862. The Hall–Kier alpha value is -1.22. The van der Waals surface area contributed by atoms with E-state index in [1.807, 2.05) is 39.0 Å². The van der Waals surface area contributed by atoms with Crippen LogP contribution in [0.5, 0.6) is 0 Å². The maximum absolute atomic E-state index is 5.23. The minimum absolute atomic E-state index is 0.515. The van der Waals surface area contributed by atoms with Gasteiger partial charge in [0.25, 0.3) is 0 Å². The highest BCUT2D eigenvalue weighted by Gasteiger charge is 2.02. The summed E-state index contributed by atoms with van der Waals surface area (Å²) in [5, 5.41) is 0.515. The molecule has 0 saturated heterocycles. The predicted octanol–water partition coefficient (Wildman–Crippen LogP) is 4.14. The molecule has 0 aliphatic rings. The highest BCUT2D eigenvalue weighted by Crippen LogP contribution is 2.17. The van der Waals surface area contributed by atoms with Gasteiger partial charge in [-0.15, -0.1) is 12.6 Å². The van der Waals surface area contributed by atoms with Gasteiger partial charge in [0.05, 0.1) is 6.20 Å². The van der Waals surface area contributed by atoms with Crippen molar-refractivity contribution >= 4 is 18.2 Å². The van der Waals surface area contributed by atoms with Crippen molar-refractivity contribution in [2.45, 2.75) is 25.9 Å². The first-order valence-electron chi connectivity index (χ1n) is 4.88. The van der Waals surface area contributed by atoms with Crippen molar-refractivity contribution in [3.63, 3.8) is 0 Å². The summed E-state index contributed by atoms with van der Waals surface area (Å²) < 4.78 is 5.23. The van der Waals surface area contributed by atoms with E-state index in [4.69, 9.17) is 4.42 Å². The van der Waals surface area contributed by atoms with E-state index in [0.29, 0.717) is 11.0 Å². The Balaban J connectivity index is 0.000000921. The van der Waals surface area contributed by atoms with Crippen molar-refractivity contribution in [2.75, 3.05) is 0 Å². The molecule has 1 heterocycles. The van der Waals surface area contributed by atoms with E-state index in [1.54, 1.807) is 12.3 Å². The molecular weight excluding hydrogens is 206 g/mol. The Labute approximate surface area is 96.8 Å². The molecule has 0 unspecified atom stereocenters. The molecule has 0 fully saturated rings. The second-order valence-corrected chi connectivity index (χ2v) is 2.78. The molecule has 0 radical (unpaired) electrons. The molecule has 0 saturated carbocycles. The second kappa shape index (κ2) is 8.12. The number of allylic oxidation sites excluding steroid dienone is 5. The number of hydrogen-bond acceptors (Lipinski definition) is 3. The summed E-state index contributed by atoms with van der Waals surface area (Å²) in [5.74, 6) is 0.575. The zero-order valence-corrected chi connectivity index (χ0v) is 10.3. The monoisotopic (exact) mass is 223 g/mol. The summed E-state index contributed by atoms with van der Waals surface area (Å²) >= 11 is 4.03. The van der Waals surface area contributed by atoms with E-state index in [9.17, 15) is 0 Å². The Bertz CT molecular complexity index is 350. The minimum Gasteiger partial charge on any atom is -0.430 e. The quantitative estimate of drug-likeness (QED) is 0.615. The Morgan fingerprint density at radius 3 is 2.60 bits per heavy atom. The molecule has 1 rings (SSSR count). The molecule has 2 nitrogen and oxygen atoms in total. The van der Waals surface area contributed by atoms with Gasteiger partial charge >= 0.3 is 0 Å². The Morgan fingerprint density at radius 1 is 1.53 bits per heavy atom. The first-order chi connectivity index (χ1) is 7.27. The van der Waals surface area contributed by atoms with Crippen molar-refractivity contribution in [3.8, 4) is 0 Å². The normalized spacial score (nSPS) is 11.1. The molecule has 3 heteroatoms. The number of thiol groups is 1. The van der Waals surface area contributed by atoms with Crippen LogP contribution in [0.15, 0.2) is 46.6 Å². The summed E-state index contributed by atoms with van der Waals surface area (Å²) in [5.41, 5.74) is 0.917. The lowest BCUT2D eigenvalue weighted by Crippen LogP contribution is -1.78. The number of rotatable bonds is 3. The van der Waals surface area contributed by atoms with Crippen LogP contribution in [0.4, 0.5) is 0 Å². The molecule has 0 spiro atoms. The fourth-order valence-corrected chi connectivity index (χ4v) is 1.01. The zero-order valence-electron chi connectivity index (χ0n) is 9.40. The lowest BCUT2D eigenvalue weighted by Gasteiger charge is -1.92. The SMILES string of the molecule is C=C/C=C\C(=C/C)c1ncc(S)o1.CC. The van der Waals surface area contributed by atoms with Crippen LogP contribution in [0.2, 0.25) is 0 Å². The summed E-state index contributed by atoms with van der Waals surface area (Å²) in [7, 11) is 0. The lowest BCUT2D eigenvalue weighted by molar-refractivity contribution is 0.460. The van der Waals surface area contributed by atoms with Crippen LogP contribution < -0.4 is 0 Å². The summed E-state index contributed by atoms with van der Waals surface area (Å²) in [6, 6.07) is 0. The standard InChI is InChI=1S/C10H11NOS.C2H6/c1-3-5-6-8(4-2)10-11-7-9(13)12-10;1-2/h3-7,13H,1H2,2H3;1-2H3/b6-5-,8-4+;. The van der Waals surface area contributed by atoms with Crippen LogP contribution in [0, 0.1) is 0 Å². The first-order valence-corrected chi connectivity index (χ1v) is 5.33. The van der Waals surface area contributed by atoms with Gasteiger partial charge in [0.2, 0.25) is 5.89 Å². The van der Waals surface area contributed by atoms with Gasteiger partial charge in [0.15, 0.2) is 5.09 Å². The van der Waals surface area contributed by atoms with Gasteiger partial charge in [-0.2, -0.15) is 0 Å². The lowest BCUT2D eigenvalue weighted by atomic mass is 10.2. The molecule has 0 bridgehead atoms. The van der Waals surface area contributed by atoms with Crippen molar-refractivity contribution in [1.29, 1.82) is 0 Å². The van der Waals surface area contributed by atoms with Gasteiger partial charge in [-0.05, 0) is 13.0 Å². The van der Waals surface area contributed by atoms with Crippen LogP contribution >= 0.6 is 12.6 Å². The van der Waals surface area contributed by atoms with Gasteiger partial charge in [-0.3, -0.25) is 0 Å². The molecule has 0 aromatic carbocycles. The molecule has 1 aromatic heterocycles. The molecule has 1 aromatic rings. The number of hydrogen-bond donors (Lipinski definition) is 1. The van der Waals surface area contributed by atoms with Crippen LogP contribution in [-0.2, 0) is 0 Å². The van der Waals surface area contributed by atoms with E-state index in [-0.39, 0.29) is 0 Å². The minimum atomic E-state index is 0.515. The molecule has 0 amide bonds. The molecule has 15 heavy (non-hydrogen) atoms. The Morgan fingerprint density at radius 2 is 2.20 bits per heavy atom. The Kier molecular flexibility index (Phi) is 7.46. The first kappa shape index (κ1) is 13.8. The van der Waals surface area contributed by atoms with Crippen LogP contribution in [-0.4, -0.2) is 4.98 Å². The van der Waals surface area contributed by atoms with Crippen molar-refractivity contribution < 1.29 is 4.42 Å². The van der Waals surface area contributed by atoms with Crippen LogP contribution in [0.3, 0.4) is 0 Å². The van der Waals surface area contributed by atoms with Gasteiger partial charge in [0, 0.05) is 5.57 Å². The van der Waals surface area contributed by atoms with E-state index >= 15 is 0 Å². The maximum atomic E-state index is 5.23. The largest absolute Gasteiger partial charge is 0.430 e. The molecule has 0 aliphatic heterocycles. The molecule has 82 valence electrons. The van der Waals surface area contributed by atoms with E-state index in [1.165, 1.54) is 0 Å². The average Bonchev–Trinajstić information content (AvgIpc) is 2.69. The fraction of sp³-hybridized carbons (Fsp3) is 0.250. The smallest absolute Gasteiger partial charge is 0.227 e. The topological polar surface area (TPSA) is 26.0 Å². The van der Waals surface area contributed by atoms with Crippen molar-refractivity contribution in [2.24, 2.45) is 0 Å². The maximum Gasteiger partial charge on any atom is 0.227 e. The highest BCUT2D eigenvalue weighted by molar-refractivity contribution is 7.80. The van der Waals surface area contributed by atoms with E-state index in [0.717, 1.165) is 5.57 Å². The zero-order chi connectivity index (χ0) is 11.7. The number of nitrogens with zero attached hydrogens (tertiary/aromatic N) is 1. The van der Waals surface area contributed by atoms with Gasteiger partial charge in [-0.25, -0.2) is 4.98 Å². The van der Waals surface area contributed by atoms with Gasteiger partial charge < -0.3 is 4.42 Å². The van der Waals surface area contributed by atoms with E-state index in [2.05, 4.69) is 24.2 Å². The summed E-state index contributed by atoms with van der Waals surface area (Å²) in [6.07, 6.45) is 8.90. The third kappa shape index (κ3) is 4.70.